The van der Waals surface area contributed by atoms with Crippen LogP contribution in [0.25, 0.3) is 0 Å². The van der Waals surface area contributed by atoms with Crippen molar-refractivity contribution in [3.05, 3.63) is 125 Å². The Kier molecular flexibility index (Phi) is 4.03. The molecule has 0 spiro atoms. The quantitative estimate of drug-likeness (QED) is 0.481. The zero-order valence-corrected chi connectivity index (χ0v) is 15.6. The third-order valence-electron chi connectivity index (χ3n) is 5.27. The molecule has 1 atom stereocenters. The Labute approximate surface area is 164 Å². The first kappa shape index (κ1) is 16.8. The van der Waals surface area contributed by atoms with E-state index in [1.54, 1.807) is 0 Å². The van der Waals surface area contributed by atoms with Gasteiger partial charge in [-0.15, -0.1) is 0 Å². The van der Waals surface area contributed by atoms with E-state index >= 15 is 0 Å². The number of aryl methyl sites for hydroxylation is 1. The number of ether oxygens (including phenoxy) is 1. The fourth-order valence-corrected chi connectivity index (χ4v) is 4.01. The smallest absolute Gasteiger partial charge is 0.188 e. The van der Waals surface area contributed by atoms with Crippen LogP contribution in [-0.2, 0) is 10.3 Å². The highest BCUT2D eigenvalue weighted by molar-refractivity contribution is 5.63. The molecule has 3 nitrogen and oxygen atoms in total. The van der Waals surface area contributed by atoms with Crippen molar-refractivity contribution in [1.82, 2.24) is 0 Å². The lowest BCUT2D eigenvalue weighted by Gasteiger charge is -2.43. The molecule has 5 rings (SSSR count). The standard InChI is InChI=1S/C25H21NO2/c1-18-16-17-23(27-18)24-26-22-15-9-8-14-21(22)25(28-24,19-10-4-2-5-11-19)20-12-6-3-7-13-20/h2-17,24,26H,1H3/t24-/m0/s1. The summed E-state index contributed by atoms with van der Waals surface area (Å²) in [4.78, 5) is 0. The molecule has 1 aliphatic heterocycles. The SMILES string of the molecule is Cc1ccc([C@H]2Nc3ccccc3C(c3ccccc3)(c3ccccc3)O2)o1. The van der Waals surface area contributed by atoms with Gasteiger partial charge in [0.05, 0.1) is 0 Å². The zero-order valence-electron chi connectivity index (χ0n) is 15.6. The van der Waals surface area contributed by atoms with Gasteiger partial charge in [-0.1, -0.05) is 78.9 Å². The van der Waals surface area contributed by atoms with E-state index < -0.39 is 11.8 Å². The van der Waals surface area contributed by atoms with Crippen molar-refractivity contribution >= 4 is 5.69 Å². The van der Waals surface area contributed by atoms with Crippen molar-refractivity contribution in [3.8, 4) is 0 Å². The molecular formula is C25H21NO2. The van der Waals surface area contributed by atoms with E-state index in [2.05, 4.69) is 72.0 Å². The van der Waals surface area contributed by atoms with Crippen LogP contribution in [0.1, 0.15) is 34.4 Å². The third kappa shape index (κ3) is 2.63. The second kappa shape index (κ2) is 6.70. The summed E-state index contributed by atoms with van der Waals surface area (Å²) in [7, 11) is 0. The van der Waals surface area contributed by atoms with Crippen LogP contribution in [0.15, 0.2) is 101 Å². The van der Waals surface area contributed by atoms with E-state index in [9.17, 15) is 0 Å². The minimum Gasteiger partial charge on any atom is -0.462 e. The summed E-state index contributed by atoms with van der Waals surface area (Å²) in [5.74, 6) is 1.63. The van der Waals surface area contributed by atoms with Crippen LogP contribution >= 0.6 is 0 Å². The lowest BCUT2D eigenvalue weighted by atomic mass is 9.78. The maximum atomic E-state index is 6.87. The molecule has 2 heterocycles. The van der Waals surface area contributed by atoms with Gasteiger partial charge in [0.2, 0.25) is 0 Å². The Balaban J connectivity index is 1.78. The molecular weight excluding hydrogens is 346 g/mol. The van der Waals surface area contributed by atoms with Crippen LogP contribution < -0.4 is 5.32 Å². The summed E-state index contributed by atoms with van der Waals surface area (Å²) in [5, 5.41) is 3.50. The first-order valence-corrected chi connectivity index (χ1v) is 9.48. The molecule has 1 aromatic heterocycles. The van der Waals surface area contributed by atoms with Gasteiger partial charge >= 0.3 is 0 Å². The van der Waals surface area contributed by atoms with E-state index in [1.165, 1.54) is 0 Å². The molecule has 28 heavy (non-hydrogen) atoms. The second-order valence-electron chi connectivity index (χ2n) is 7.05. The number of hydrogen-bond donors (Lipinski definition) is 1. The molecule has 0 bridgehead atoms. The molecule has 3 heteroatoms. The van der Waals surface area contributed by atoms with E-state index in [-0.39, 0.29) is 0 Å². The maximum Gasteiger partial charge on any atom is 0.188 e. The van der Waals surface area contributed by atoms with E-state index in [0.717, 1.165) is 33.9 Å². The minimum absolute atomic E-state index is 0.399. The molecule has 0 saturated heterocycles. The van der Waals surface area contributed by atoms with Gasteiger partial charge in [0.25, 0.3) is 0 Å². The molecule has 3 aromatic carbocycles. The van der Waals surface area contributed by atoms with Gasteiger partial charge in [0.1, 0.15) is 11.4 Å². The maximum absolute atomic E-state index is 6.87. The van der Waals surface area contributed by atoms with Crippen molar-refractivity contribution in [3.63, 3.8) is 0 Å². The number of benzene rings is 3. The summed E-state index contributed by atoms with van der Waals surface area (Å²) >= 11 is 0. The fourth-order valence-electron chi connectivity index (χ4n) is 4.01. The number of hydrogen-bond acceptors (Lipinski definition) is 3. The first-order chi connectivity index (χ1) is 13.8. The van der Waals surface area contributed by atoms with Crippen molar-refractivity contribution in [1.29, 1.82) is 0 Å². The zero-order chi connectivity index (χ0) is 19.0. The Morgan fingerprint density at radius 3 is 1.93 bits per heavy atom. The molecule has 0 unspecified atom stereocenters. The number of rotatable bonds is 3. The molecule has 1 N–H and O–H groups in total. The second-order valence-corrected chi connectivity index (χ2v) is 7.05. The highest BCUT2D eigenvalue weighted by Crippen LogP contribution is 2.50. The lowest BCUT2D eigenvalue weighted by Crippen LogP contribution is -2.40. The van der Waals surface area contributed by atoms with E-state index in [0.29, 0.717) is 0 Å². The van der Waals surface area contributed by atoms with Crippen molar-refractivity contribution in [2.75, 3.05) is 5.32 Å². The number of fused-ring (bicyclic) bond motifs is 1. The number of furan rings is 1. The van der Waals surface area contributed by atoms with Gasteiger partial charge in [-0.2, -0.15) is 0 Å². The van der Waals surface area contributed by atoms with E-state index in [1.807, 2.05) is 37.3 Å². The normalized spacial score (nSPS) is 17.5. The molecule has 0 fully saturated rings. The molecule has 138 valence electrons. The average Bonchev–Trinajstić information content (AvgIpc) is 3.20. The van der Waals surface area contributed by atoms with Gasteiger partial charge in [-0.25, -0.2) is 0 Å². The number of anilines is 1. The van der Waals surface area contributed by atoms with Gasteiger partial charge < -0.3 is 14.5 Å². The third-order valence-corrected chi connectivity index (χ3v) is 5.27. The van der Waals surface area contributed by atoms with Gasteiger partial charge in [0, 0.05) is 11.3 Å². The van der Waals surface area contributed by atoms with Gasteiger partial charge in [0.15, 0.2) is 12.0 Å². The monoisotopic (exact) mass is 367 g/mol. The highest BCUT2D eigenvalue weighted by atomic mass is 16.5. The Morgan fingerprint density at radius 2 is 1.32 bits per heavy atom. The molecule has 0 radical (unpaired) electrons. The summed E-state index contributed by atoms with van der Waals surface area (Å²) < 4.78 is 12.8. The predicted molar refractivity (Wildman–Crippen MR) is 110 cm³/mol. The first-order valence-electron chi connectivity index (χ1n) is 9.48. The molecule has 0 aliphatic carbocycles. The summed E-state index contributed by atoms with van der Waals surface area (Å²) in [6.07, 6.45) is -0.399. The Hall–Kier alpha value is -3.30. The van der Waals surface area contributed by atoms with Crippen molar-refractivity contribution < 1.29 is 9.15 Å². The van der Waals surface area contributed by atoms with Crippen LogP contribution in [0, 0.1) is 6.92 Å². The summed E-state index contributed by atoms with van der Waals surface area (Å²) in [6.45, 7) is 1.95. The molecule has 1 aliphatic rings. The van der Waals surface area contributed by atoms with Crippen molar-refractivity contribution in [2.24, 2.45) is 0 Å². The van der Waals surface area contributed by atoms with Crippen LogP contribution in [0.3, 0.4) is 0 Å². The van der Waals surface area contributed by atoms with Crippen LogP contribution in [0.2, 0.25) is 0 Å². The summed E-state index contributed by atoms with van der Waals surface area (Å²) in [5.41, 5.74) is 3.56. The van der Waals surface area contributed by atoms with Gasteiger partial charge in [-0.3, -0.25) is 0 Å². The largest absolute Gasteiger partial charge is 0.462 e. The van der Waals surface area contributed by atoms with Crippen LogP contribution in [-0.4, -0.2) is 0 Å². The van der Waals surface area contributed by atoms with Crippen LogP contribution in [0.4, 0.5) is 5.69 Å². The Morgan fingerprint density at radius 1 is 0.714 bits per heavy atom. The molecule has 0 saturated carbocycles. The van der Waals surface area contributed by atoms with Crippen molar-refractivity contribution in [2.45, 2.75) is 18.8 Å². The number of nitrogens with one attached hydrogen (secondary N) is 1. The average molecular weight is 367 g/mol. The predicted octanol–water partition coefficient (Wildman–Crippen LogP) is 6.02. The Bertz CT molecular complexity index is 1050. The number of para-hydroxylation sites is 1. The minimum atomic E-state index is -0.740. The topological polar surface area (TPSA) is 34.4 Å². The molecule has 0 amide bonds. The highest BCUT2D eigenvalue weighted by Gasteiger charge is 2.45. The van der Waals surface area contributed by atoms with E-state index in [4.69, 9.17) is 9.15 Å². The van der Waals surface area contributed by atoms with Crippen LogP contribution in [0.5, 0.6) is 0 Å². The fraction of sp³-hybridized carbons (Fsp3) is 0.120. The molecule has 4 aromatic rings. The summed E-state index contributed by atoms with van der Waals surface area (Å²) in [6, 6.07) is 33.1. The lowest BCUT2D eigenvalue weighted by molar-refractivity contribution is -0.0522. The van der Waals surface area contributed by atoms with Gasteiger partial charge in [-0.05, 0) is 36.2 Å².